The highest BCUT2D eigenvalue weighted by molar-refractivity contribution is 5.99. The topological polar surface area (TPSA) is 51.9 Å². The van der Waals surface area contributed by atoms with Crippen molar-refractivity contribution in [1.29, 1.82) is 0 Å². The number of hydrogen-bond donors (Lipinski definition) is 0. The van der Waals surface area contributed by atoms with Crippen molar-refractivity contribution in [3.05, 3.63) is 42.0 Å². The average Bonchev–Trinajstić information content (AvgIpc) is 3.05. The van der Waals surface area contributed by atoms with E-state index in [9.17, 15) is 4.39 Å². The Labute approximate surface area is 177 Å². The van der Waals surface area contributed by atoms with E-state index in [0.29, 0.717) is 19.0 Å². The third-order valence-electron chi connectivity index (χ3n) is 5.69. The fourth-order valence-corrected chi connectivity index (χ4v) is 4.03. The fraction of sp³-hybridized carbons (Fsp3) is 0.478. The van der Waals surface area contributed by atoms with Crippen LogP contribution in [0.25, 0.3) is 17.3 Å². The number of ether oxygens (including phenoxy) is 2. The van der Waals surface area contributed by atoms with E-state index < -0.39 is 0 Å². The van der Waals surface area contributed by atoms with Gasteiger partial charge in [0.05, 0.1) is 18.5 Å². The monoisotopic (exact) mass is 412 g/mol. The summed E-state index contributed by atoms with van der Waals surface area (Å²) >= 11 is 0. The van der Waals surface area contributed by atoms with Crippen molar-refractivity contribution in [2.24, 2.45) is 10.9 Å². The molecule has 30 heavy (non-hydrogen) atoms. The molecule has 0 aliphatic carbocycles. The molecule has 1 atom stereocenters. The van der Waals surface area contributed by atoms with Crippen molar-refractivity contribution < 1.29 is 13.9 Å². The molecule has 3 heterocycles. The number of methoxy groups -OCH3 is 1. The lowest BCUT2D eigenvalue weighted by atomic mass is 9.96. The van der Waals surface area contributed by atoms with Crippen LogP contribution >= 0.6 is 0 Å². The van der Waals surface area contributed by atoms with Crippen molar-refractivity contribution in [2.45, 2.75) is 19.8 Å². The molecule has 0 spiro atoms. The largest absolute Gasteiger partial charge is 0.492 e. The van der Waals surface area contributed by atoms with Crippen molar-refractivity contribution in [3.8, 4) is 16.9 Å². The summed E-state index contributed by atoms with van der Waals surface area (Å²) in [6, 6.07) is 4.90. The van der Waals surface area contributed by atoms with Gasteiger partial charge in [0, 0.05) is 62.7 Å². The van der Waals surface area contributed by atoms with E-state index in [-0.39, 0.29) is 11.7 Å². The molecule has 1 unspecified atom stereocenters. The van der Waals surface area contributed by atoms with Gasteiger partial charge >= 0.3 is 0 Å². The Hall–Kier alpha value is -2.51. The van der Waals surface area contributed by atoms with E-state index in [0.717, 1.165) is 61.6 Å². The Kier molecular flexibility index (Phi) is 6.59. The molecule has 0 amide bonds. The maximum absolute atomic E-state index is 14.4. The predicted molar refractivity (Wildman–Crippen MR) is 117 cm³/mol. The summed E-state index contributed by atoms with van der Waals surface area (Å²) in [5.41, 5.74) is 3.88. The maximum atomic E-state index is 14.4. The predicted octanol–water partition coefficient (Wildman–Crippen LogP) is 3.52. The molecule has 1 aromatic heterocycles. The minimum Gasteiger partial charge on any atom is -0.492 e. The Bertz CT molecular complexity index is 937. The number of aliphatic imine (C=N–C) groups is 1. The first-order valence-electron chi connectivity index (χ1n) is 10.6. The lowest BCUT2D eigenvalue weighted by Crippen LogP contribution is -2.33. The summed E-state index contributed by atoms with van der Waals surface area (Å²) in [6.45, 7) is 6.64. The van der Waals surface area contributed by atoms with Crippen LogP contribution in [0.4, 0.5) is 4.39 Å². The molecule has 0 radical (unpaired) electrons. The van der Waals surface area contributed by atoms with Crippen molar-refractivity contribution in [3.63, 3.8) is 0 Å². The Morgan fingerprint density at radius 2 is 2.17 bits per heavy atom. The SMILES string of the molecule is COCCN1CCCN=C2C=Cn3ncc(c3CC2C)-c2cc(F)cc(c2)OCC1. The lowest BCUT2D eigenvalue weighted by molar-refractivity contribution is 0.134. The maximum Gasteiger partial charge on any atom is 0.127 e. The van der Waals surface area contributed by atoms with Gasteiger partial charge < -0.3 is 9.47 Å². The second kappa shape index (κ2) is 9.53. The van der Waals surface area contributed by atoms with Gasteiger partial charge in [0.15, 0.2) is 0 Å². The van der Waals surface area contributed by atoms with Crippen LogP contribution < -0.4 is 4.74 Å². The molecule has 0 saturated carbocycles. The summed E-state index contributed by atoms with van der Waals surface area (Å²) in [6.07, 6.45) is 7.59. The molecule has 160 valence electrons. The van der Waals surface area contributed by atoms with Crippen LogP contribution in [0.1, 0.15) is 19.0 Å². The average molecular weight is 413 g/mol. The van der Waals surface area contributed by atoms with E-state index in [2.05, 4.69) is 23.0 Å². The van der Waals surface area contributed by atoms with Crippen LogP contribution in [-0.4, -0.2) is 66.9 Å². The zero-order valence-corrected chi connectivity index (χ0v) is 17.7. The third kappa shape index (κ3) is 4.79. The van der Waals surface area contributed by atoms with Gasteiger partial charge in [-0.1, -0.05) is 6.92 Å². The number of hydrogen-bond acceptors (Lipinski definition) is 5. The van der Waals surface area contributed by atoms with E-state index in [1.54, 1.807) is 13.2 Å². The van der Waals surface area contributed by atoms with Crippen LogP contribution in [0.3, 0.4) is 0 Å². The van der Waals surface area contributed by atoms with Crippen molar-refractivity contribution in [2.75, 3.05) is 46.5 Å². The number of aromatic nitrogens is 2. The highest BCUT2D eigenvalue weighted by Crippen LogP contribution is 2.31. The molecule has 1 aromatic carbocycles. The van der Waals surface area contributed by atoms with Crippen LogP contribution in [0.15, 0.2) is 35.5 Å². The number of nitrogens with zero attached hydrogens (tertiary/aromatic N) is 4. The smallest absolute Gasteiger partial charge is 0.127 e. The van der Waals surface area contributed by atoms with Gasteiger partial charge in [0.2, 0.25) is 0 Å². The molecule has 4 rings (SSSR count). The molecule has 2 aliphatic heterocycles. The minimum atomic E-state index is -0.306. The van der Waals surface area contributed by atoms with E-state index in [4.69, 9.17) is 14.5 Å². The van der Waals surface area contributed by atoms with Crippen molar-refractivity contribution >= 4 is 11.9 Å². The Balaban J connectivity index is 1.68. The number of halogens is 1. The fourth-order valence-electron chi connectivity index (χ4n) is 4.03. The molecule has 2 aromatic rings. The molecule has 2 aliphatic rings. The number of allylic oxidation sites excluding steroid dienone is 1. The summed E-state index contributed by atoms with van der Waals surface area (Å²) in [7, 11) is 1.71. The summed E-state index contributed by atoms with van der Waals surface area (Å²) in [5, 5.41) is 4.51. The van der Waals surface area contributed by atoms with Gasteiger partial charge in [-0.25, -0.2) is 9.07 Å². The quantitative estimate of drug-likeness (QED) is 0.774. The second-order valence-electron chi connectivity index (χ2n) is 7.89. The normalized spacial score (nSPS) is 20.0. The lowest BCUT2D eigenvalue weighted by Gasteiger charge is -2.22. The summed E-state index contributed by atoms with van der Waals surface area (Å²) < 4.78 is 27.4. The minimum absolute atomic E-state index is 0.264. The Morgan fingerprint density at radius 1 is 1.27 bits per heavy atom. The van der Waals surface area contributed by atoms with Gasteiger partial charge in [-0.2, -0.15) is 5.10 Å². The van der Waals surface area contributed by atoms with Crippen LogP contribution in [0.5, 0.6) is 5.75 Å². The highest BCUT2D eigenvalue weighted by atomic mass is 19.1. The van der Waals surface area contributed by atoms with Gasteiger partial charge in [0.1, 0.15) is 18.2 Å². The van der Waals surface area contributed by atoms with E-state index in [1.165, 1.54) is 6.07 Å². The number of benzene rings is 1. The second-order valence-corrected chi connectivity index (χ2v) is 7.89. The van der Waals surface area contributed by atoms with Crippen LogP contribution in [-0.2, 0) is 11.2 Å². The number of rotatable bonds is 3. The molecule has 4 bridgehead atoms. The first-order valence-corrected chi connectivity index (χ1v) is 10.6. The first kappa shape index (κ1) is 20.8. The van der Waals surface area contributed by atoms with Gasteiger partial charge in [-0.3, -0.25) is 9.89 Å². The summed E-state index contributed by atoms with van der Waals surface area (Å²) in [5.74, 6) is 0.502. The van der Waals surface area contributed by atoms with Crippen LogP contribution in [0.2, 0.25) is 0 Å². The number of fused-ring (bicyclic) bond motifs is 5. The standard InChI is InChI=1S/C23H29FN4O2/c1-17-12-23-21-16-26-28(23)7-4-22(17)25-5-3-6-27(8-10-29-2)9-11-30-20-14-18(21)13-19(24)15-20/h4,7,13-17H,3,5-6,8-12H2,1-2H3. The molecule has 7 heteroatoms. The summed E-state index contributed by atoms with van der Waals surface area (Å²) in [4.78, 5) is 7.18. The zero-order chi connectivity index (χ0) is 20.9. The molecule has 0 saturated heterocycles. The van der Waals surface area contributed by atoms with E-state index >= 15 is 0 Å². The van der Waals surface area contributed by atoms with Gasteiger partial charge in [0.25, 0.3) is 0 Å². The zero-order valence-electron chi connectivity index (χ0n) is 17.7. The van der Waals surface area contributed by atoms with Gasteiger partial charge in [-0.05, 0) is 36.6 Å². The molecular weight excluding hydrogens is 383 g/mol. The Morgan fingerprint density at radius 3 is 3.03 bits per heavy atom. The van der Waals surface area contributed by atoms with E-state index in [1.807, 2.05) is 23.1 Å². The molecule has 0 N–H and O–H groups in total. The van der Waals surface area contributed by atoms with Gasteiger partial charge in [-0.15, -0.1) is 0 Å². The molecule has 6 nitrogen and oxygen atoms in total. The first-order chi connectivity index (χ1) is 14.6. The highest BCUT2D eigenvalue weighted by Gasteiger charge is 2.21. The third-order valence-corrected chi connectivity index (χ3v) is 5.69. The molecular formula is C23H29FN4O2. The van der Waals surface area contributed by atoms with Crippen LogP contribution in [0, 0.1) is 11.7 Å². The van der Waals surface area contributed by atoms with Crippen molar-refractivity contribution in [1.82, 2.24) is 14.7 Å². The molecule has 0 fully saturated rings.